The number of benzene rings is 2. The second-order valence-electron chi connectivity index (χ2n) is 9.79. The van der Waals surface area contributed by atoms with Crippen LogP contribution in [0.1, 0.15) is 54.9 Å². The number of ketones is 1. The Bertz CT molecular complexity index is 1440. The topological polar surface area (TPSA) is 107 Å². The summed E-state index contributed by atoms with van der Waals surface area (Å²) in [5, 5.41) is 3.46. The van der Waals surface area contributed by atoms with Gasteiger partial charge in [0.2, 0.25) is 17.6 Å². The molecule has 41 heavy (non-hydrogen) atoms. The summed E-state index contributed by atoms with van der Waals surface area (Å²) in [5.74, 6) is -3.60. The molecule has 8 nitrogen and oxygen atoms in total. The average Bonchev–Trinajstić information content (AvgIpc) is 2.86. The zero-order chi connectivity index (χ0) is 30.5. The molecule has 2 aromatic carbocycles. The Morgan fingerprint density at radius 3 is 2.27 bits per heavy atom. The molecule has 2 N–H and O–H groups in total. The highest BCUT2D eigenvalue weighted by molar-refractivity contribution is 6.37. The van der Waals surface area contributed by atoms with Gasteiger partial charge in [0, 0.05) is 6.07 Å². The Labute approximate surface area is 238 Å². The molecule has 1 heterocycles. The van der Waals surface area contributed by atoms with E-state index in [1.54, 1.807) is 51.1 Å². The molecule has 0 fully saturated rings. The molecule has 0 aliphatic rings. The molecule has 0 radical (unpaired) electrons. The van der Waals surface area contributed by atoms with Gasteiger partial charge in [-0.15, -0.1) is 0 Å². The van der Waals surface area contributed by atoms with Crippen molar-refractivity contribution in [2.24, 2.45) is 0 Å². The maximum atomic E-state index is 14.8. The van der Waals surface area contributed by atoms with E-state index in [0.29, 0.717) is 6.07 Å². The zero-order valence-electron chi connectivity index (χ0n) is 22.4. The number of amides is 2. The van der Waals surface area contributed by atoms with Crippen molar-refractivity contribution in [1.82, 2.24) is 10.3 Å². The molecule has 0 aliphatic heterocycles. The molecular weight excluding hydrogens is 570 g/mol. The molecule has 0 saturated carbocycles. The van der Waals surface area contributed by atoms with Gasteiger partial charge in [-0.1, -0.05) is 41.9 Å². The molecule has 0 saturated heterocycles. The quantitative estimate of drug-likeness (QED) is 0.226. The van der Waals surface area contributed by atoms with Gasteiger partial charge < -0.3 is 20.1 Å². The number of nitrogens with one attached hydrogen (secondary N) is 2. The fourth-order valence-corrected chi connectivity index (χ4v) is 3.78. The van der Waals surface area contributed by atoms with Crippen LogP contribution < -0.4 is 15.4 Å². The molecule has 0 bridgehead atoms. The van der Waals surface area contributed by atoms with Crippen molar-refractivity contribution in [3.05, 3.63) is 87.8 Å². The first-order chi connectivity index (χ1) is 19.1. The number of nitrogens with zero attached hydrogens (tertiary/aromatic N) is 1. The summed E-state index contributed by atoms with van der Waals surface area (Å²) in [4.78, 5) is 42.1. The summed E-state index contributed by atoms with van der Waals surface area (Å²) < 4.78 is 66.3. The number of pyridine rings is 1. The number of aromatic nitrogens is 1. The molecule has 0 aliphatic carbocycles. The monoisotopic (exact) mass is 595 g/mol. The van der Waals surface area contributed by atoms with Gasteiger partial charge in [-0.05, 0) is 51.5 Å². The van der Waals surface area contributed by atoms with Crippen LogP contribution in [0.15, 0.2) is 54.6 Å². The van der Waals surface area contributed by atoms with Crippen molar-refractivity contribution >= 4 is 35.1 Å². The maximum Gasteiger partial charge on any atom is 0.417 e. The number of rotatable bonds is 8. The standard InChI is InChI=1S/C28H26ClF4N3O5/c1-15(34-26(39)41-27(2,3)4)25(38)35-19-12-10-17(28(31,32)33)22(29)21(19)24(37)23-18(30)11-13-20(36-23)40-14-16-8-6-5-7-9-16/h5-13,15H,14H2,1-4H3,(H,34,39)(H,35,38)/t15-/m0/s1. The smallest absolute Gasteiger partial charge is 0.417 e. The van der Waals surface area contributed by atoms with Crippen molar-refractivity contribution in [1.29, 1.82) is 0 Å². The zero-order valence-corrected chi connectivity index (χ0v) is 23.1. The second kappa shape index (κ2) is 12.5. The van der Waals surface area contributed by atoms with Crippen LogP contribution in [0.5, 0.6) is 5.88 Å². The van der Waals surface area contributed by atoms with E-state index in [9.17, 15) is 31.9 Å². The third-order valence-electron chi connectivity index (χ3n) is 5.32. The van der Waals surface area contributed by atoms with Crippen LogP contribution in [0.4, 0.5) is 28.0 Å². The molecule has 218 valence electrons. The minimum Gasteiger partial charge on any atom is -0.473 e. The van der Waals surface area contributed by atoms with E-state index in [2.05, 4.69) is 15.6 Å². The molecular formula is C28H26ClF4N3O5. The first kappa shape index (κ1) is 31.3. The molecule has 0 spiro atoms. The highest BCUT2D eigenvalue weighted by atomic mass is 35.5. The molecule has 2 amide bonds. The van der Waals surface area contributed by atoms with Gasteiger partial charge in [0.1, 0.15) is 18.2 Å². The van der Waals surface area contributed by atoms with Crippen LogP contribution in [0.2, 0.25) is 5.02 Å². The molecule has 1 atom stereocenters. The SMILES string of the molecule is C[C@H](NC(=O)OC(C)(C)C)C(=O)Nc1ccc(C(F)(F)F)c(Cl)c1C(=O)c1nc(OCc2ccccc2)ccc1F. The lowest BCUT2D eigenvalue weighted by Gasteiger charge is -2.22. The Morgan fingerprint density at radius 2 is 1.66 bits per heavy atom. The van der Waals surface area contributed by atoms with Crippen molar-refractivity contribution in [3.63, 3.8) is 0 Å². The summed E-state index contributed by atoms with van der Waals surface area (Å²) in [6.45, 7) is 6.11. The lowest BCUT2D eigenvalue weighted by molar-refractivity contribution is -0.137. The summed E-state index contributed by atoms with van der Waals surface area (Å²) >= 11 is 6.03. The van der Waals surface area contributed by atoms with Gasteiger partial charge in [0.15, 0.2) is 11.5 Å². The third-order valence-corrected chi connectivity index (χ3v) is 5.72. The van der Waals surface area contributed by atoms with Crippen LogP contribution in [-0.4, -0.2) is 34.4 Å². The summed E-state index contributed by atoms with van der Waals surface area (Å²) in [6, 6.07) is 11.0. The number of carbonyl (C=O) groups is 3. The number of hydrogen-bond acceptors (Lipinski definition) is 6. The highest BCUT2D eigenvalue weighted by Gasteiger charge is 2.37. The molecule has 1 aromatic heterocycles. The molecule has 3 rings (SSSR count). The van der Waals surface area contributed by atoms with Crippen LogP contribution in [-0.2, 0) is 22.3 Å². The van der Waals surface area contributed by atoms with E-state index in [4.69, 9.17) is 21.1 Å². The Kier molecular flexibility index (Phi) is 9.59. The van der Waals surface area contributed by atoms with Crippen LogP contribution >= 0.6 is 11.6 Å². The largest absolute Gasteiger partial charge is 0.473 e. The summed E-state index contributed by atoms with van der Waals surface area (Å²) in [5.41, 5.74) is -3.72. The number of carbonyl (C=O) groups excluding carboxylic acids is 3. The van der Waals surface area contributed by atoms with Crippen molar-refractivity contribution in [2.75, 3.05) is 5.32 Å². The molecule has 0 unspecified atom stereocenters. The summed E-state index contributed by atoms with van der Waals surface area (Å²) in [7, 11) is 0. The Morgan fingerprint density at radius 1 is 1.00 bits per heavy atom. The molecule has 3 aromatic rings. The van der Waals surface area contributed by atoms with Gasteiger partial charge in [-0.3, -0.25) is 9.59 Å². The predicted molar refractivity (Wildman–Crippen MR) is 142 cm³/mol. The van der Waals surface area contributed by atoms with Gasteiger partial charge in [-0.25, -0.2) is 14.2 Å². The normalized spacial score (nSPS) is 12.3. The number of hydrogen-bond donors (Lipinski definition) is 2. The third kappa shape index (κ3) is 8.40. The van der Waals surface area contributed by atoms with Gasteiger partial charge in [0.05, 0.1) is 21.8 Å². The minimum atomic E-state index is -4.98. The van der Waals surface area contributed by atoms with E-state index in [-0.39, 0.29) is 12.5 Å². The number of alkyl halides is 3. The Balaban J connectivity index is 1.95. The van der Waals surface area contributed by atoms with Crippen molar-refractivity contribution in [2.45, 2.75) is 52.1 Å². The van der Waals surface area contributed by atoms with Crippen LogP contribution in [0.3, 0.4) is 0 Å². The van der Waals surface area contributed by atoms with E-state index in [1.807, 2.05) is 0 Å². The van der Waals surface area contributed by atoms with Crippen molar-refractivity contribution < 1.29 is 41.4 Å². The van der Waals surface area contributed by atoms with Gasteiger partial charge >= 0.3 is 12.3 Å². The summed E-state index contributed by atoms with van der Waals surface area (Å²) in [6.07, 6.45) is -5.91. The highest BCUT2D eigenvalue weighted by Crippen LogP contribution is 2.40. The predicted octanol–water partition coefficient (Wildman–Crippen LogP) is 6.55. The lowest BCUT2D eigenvalue weighted by Crippen LogP contribution is -2.44. The van der Waals surface area contributed by atoms with Gasteiger partial charge in [0.25, 0.3) is 0 Å². The van der Waals surface area contributed by atoms with Crippen molar-refractivity contribution in [3.8, 4) is 5.88 Å². The fourth-order valence-electron chi connectivity index (χ4n) is 3.43. The van der Waals surface area contributed by atoms with E-state index >= 15 is 0 Å². The number of ether oxygens (including phenoxy) is 2. The van der Waals surface area contributed by atoms with E-state index < -0.39 is 69.0 Å². The van der Waals surface area contributed by atoms with E-state index in [0.717, 1.165) is 23.8 Å². The Hall–Kier alpha value is -4.19. The second-order valence-corrected chi connectivity index (χ2v) is 10.2. The lowest BCUT2D eigenvalue weighted by atomic mass is 10.0. The first-order valence-corrected chi connectivity index (χ1v) is 12.5. The fraction of sp³-hybridized carbons (Fsp3) is 0.286. The van der Waals surface area contributed by atoms with E-state index in [1.165, 1.54) is 6.92 Å². The number of halogens is 5. The van der Waals surface area contributed by atoms with Crippen LogP contribution in [0, 0.1) is 5.82 Å². The average molecular weight is 596 g/mol. The number of anilines is 1. The maximum absolute atomic E-state index is 14.8. The minimum absolute atomic E-state index is 0.0151. The number of alkyl carbamates (subject to hydrolysis) is 1. The molecule has 13 heteroatoms. The first-order valence-electron chi connectivity index (χ1n) is 12.1. The van der Waals surface area contributed by atoms with Gasteiger partial charge in [-0.2, -0.15) is 13.2 Å². The van der Waals surface area contributed by atoms with Crippen LogP contribution in [0.25, 0.3) is 0 Å².